The molecule has 0 aliphatic heterocycles. The molecule has 2 rings (SSSR count). The van der Waals surface area contributed by atoms with Gasteiger partial charge in [-0.3, -0.25) is 4.79 Å². The van der Waals surface area contributed by atoms with Gasteiger partial charge in [0, 0.05) is 23.2 Å². The number of carbonyl (C=O) groups is 1. The zero-order valence-corrected chi connectivity index (χ0v) is 13.0. The maximum atomic E-state index is 10.8. The summed E-state index contributed by atoms with van der Waals surface area (Å²) in [7, 11) is 0. The lowest BCUT2D eigenvalue weighted by Crippen LogP contribution is -2.28. The molecule has 116 valence electrons. The number of carbonyl (C=O) groups excluding carboxylic acids is 1. The van der Waals surface area contributed by atoms with E-state index in [0.717, 1.165) is 5.56 Å². The number of amides is 1. The van der Waals surface area contributed by atoms with E-state index < -0.39 is 5.91 Å². The number of ether oxygens (including phenoxy) is 1. The fourth-order valence-electron chi connectivity index (χ4n) is 2.71. The van der Waals surface area contributed by atoms with Crippen molar-refractivity contribution in [2.45, 2.75) is 51.1 Å². The number of nitrogens with one attached hydrogen (secondary N) is 1. The van der Waals surface area contributed by atoms with Gasteiger partial charge in [-0.1, -0.05) is 37.3 Å². The minimum atomic E-state index is -0.479. The van der Waals surface area contributed by atoms with E-state index in [1.807, 2.05) is 6.07 Å². The maximum absolute atomic E-state index is 10.8. The number of hydrogen-bond acceptors (Lipinski definition) is 3. The number of rotatable bonds is 6. The first-order valence-electron chi connectivity index (χ1n) is 7.58. The predicted octanol–water partition coefficient (Wildman–Crippen LogP) is 3.02. The number of benzene rings is 1. The molecule has 1 aliphatic rings. The van der Waals surface area contributed by atoms with Gasteiger partial charge in [-0.05, 0) is 31.0 Å². The number of hydrogen-bond donors (Lipinski definition) is 2. The van der Waals surface area contributed by atoms with Crippen molar-refractivity contribution >= 4 is 17.5 Å². The Kier molecular flexibility index (Phi) is 6.33. The molecule has 0 bridgehead atoms. The van der Waals surface area contributed by atoms with Crippen LogP contribution in [0.5, 0.6) is 5.75 Å². The smallest absolute Gasteiger partial charge is 0.255 e. The van der Waals surface area contributed by atoms with Crippen LogP contribution in [0.3, 0.4) is 0 Å². The van der Waals surface area contributed by atoms with Gasteiger partial charge in [0.25, 0.3) is 5.91 Å². The van der Waals surface area contributed by atoms with Crippen molar-refractivity contribution < 1.29 is 9.53 Å². The summed E-state index contributed by atoms with van der Waals surface area (Å²) in [5.41, 5.74) is 6.09. The number of halogens is 1. The molecule has 1 saturated carbocycles. The van der Waals surface area contributed by atoms with Crippen molar-refractivity contribution in [2.75, 3.05) is 6.61 Å². The van der Waals surface area contributed by atoms with Crippen molar-refractivity contribution in [3.63, 3.8) is 0 Å². The third kappa shape index (κ3) is 5.56. The fraction of sp³-hybridized carbons (Fsp3) is 0.562. The van der Waals surface area contributed by atoms with Gasteiger partial charge in [-0.25, -0.2) is 0 Å². The van der Waals surface area contributed by atoms with E-state index in [2.05, 4.69) is 5.32 Å². The third-order valence-electron chi connectivity index (χ3n) is 3.83. The summed E-state index contributed by atoms with van der Waals surface area (Å²) in [5, 5.41) is 4.24. The molecule has 0 radical (unpaired) electrons. The molecule has 0 unspecified atom stereocenters. The van der Waals surface area contributed by atoms with E-state index in [1.54, 1.807) is 12.1 Å². The van der Waals surface area contributed by atoms with Crippen LogP contribution in [0.2, 0.25) is 5.02 Å². The van der Waals surface area contributed by atoms with E-state index in [4.69, 9.17) is 22.1 Å². The van der Waals surface area contributed by atoms with Crippen molar-refractivity contribution in [1.29, 1.82) is 0 Å². The quantitative estimate of drug-likeness (QED) is 0.794. The van der Waals surface area contributed by atoms with Crippen molar-refractivity contribution in [3.05, 3.63) is 28.8 Å². The summed E-state index contributed by atoms with van der Waals surface area (Å²) in [6.45, 7) is 0.581. The molecule has 3 N–H and O–H groups in total. The Hall–Kier alpha value is -1.26. The first-order chi connectivity index (χ1) is 10.1. The van der Waals surface area contributed by atoms with Gasteiger partial charge in [0.15, 0.2) is 6.61 Å². The van der Waals surface area contributed by atoms with Crippen molar-refractivity contribution in [1.82, 2.24) is 5.32 Å². The topological polar surface area (TPSA) is 64.4 Å². The van der Waals surface area contributed by atoms with Crippen LogP contribution in [-0.2, 0) is 11.3 Å². The minimum Gasteiger partial charge on any atom is -0.483 e. The Morgan fingerprint density at radius 2 is 2.00 bits per heavy atom. The van der Waals surface area contributed by atoms with Gasteiger partial charge in [0.2, 0.25) is 0 Å². The average molecular weight is 311 g/mol. The average Bonchev–Trinajstić information content (AvgIpc) is 2.72. The van der Waals surface area contributed by atoms with Crippen LogP contribution in [0.4, 0.5) is 0 Å². The molecule has 1 aromatic rings. The predicted molar refractivity (Wildman–Crippen MR) is 84.5 cm³/mol. The van der Waals surface area contributed by atoms with Crippen LogP contribution in [0.15, 0.2) is 18.2 Å². The molecule has 1 amide bonds. The molecule has 21 heavy (non-hydrogen) atoms. The van der Waals surface area contributed by atoms with Gasteiger partial charge >= 0.3 is 0 Å². The molecule has 0 aromatic heterocycles. The monoisotopic (exact) mass is 310 g/mol. The molecular formula is C16H23ClN2O2. The summed E-state index contributed by atoms with van der Waals surface area (Å²) in [5.74, 6) is 0.187. The highest BCUT2D eigenvalue weighted by molar-refractivity contribution is 6.30. The van der Waals surface area contributed by atoms with Gasteiger partial charge in [-0.15, -0.1) is 0 Å². The summed E-state index contributed by atoms with van der Waals surface area (Å²) in [4.78, 5) is 10.8. The van der Waals surface area contributed by atoms with Crippen LogP contribution in [0, 0.1) is 0 Å². The first-order valence-corrected chi connectivity index (χ1v) is 7.96. The number of nitrogens with two attached hydrogens (primary N) is 1. The Morgan fingerprint density at radius 1 is 1.29 bits per heavy atom. The van der Waals surface area contributed by atoms with E-state index in [0.29, 0.717) is 23.4 Å². The van der Waals surface area contributed by atoms with E-state index in [-0.39, 0.29) is 6.61 Å². The molecule has 1 fully saturated rings. The van der Waals surface area contributed by atoms with Gasteiger partial charge in [-0.2, -0.15) is 0 Å². The molecule has 0 spiro atoms. The van der Waals surface area contributed by atoms with Crippen LogP contribution < -0.4 is 15.8 Å². The van der Waals surface area contributed by atoms with E-state index >= 15 is 0 Å². The standard InChI is InChI=1S/C16H23ClN2O2/c17-13-7-8-15(21-11-16(18)20)12(9-13)10-19-14-5-3-1-2-4-6-14/h7-9,14,19H,1-6,10-11H2,(H2,18,20). The molecular weight excluding hydrogens is 288 g/mol. The second-order valence-corrected chi connectivity index (χ2v) is 6.01. The molecule has 0 atom stereocenters. The second kappa shape index (κ2) is 8.25. The van der Waals surface area contributed by atoms with Crippen LogP contribution in [0.1, 0.15) is 44.1 Å². The molecule has 0 saturated heterocycles. The van der Waals surface area contributed by atoms with Gasteiger partial charge in [0.05, 0.1) is 0 Å². The van der Waals surface area contributed by atoms with Crippen molar-refractivity contribution in [3.8, 4) is 5.75 Å². The Bertz CT molecular complexity index is 471. The zero-order chi connectivity index (χ0) is 15.1. The first kappa shape index (κ1) is 16.1. The summed E-state index contributed by atoms with van der Waals surface area (Å²) in [6.07, 6.45) is 7.69. The minimum absolute atomic E-state index is 0.113. The lowest BCUT2D eigenvalue weighted by molar-refractivity contribution is -0.119. The summed E-state index contributed by atoms with van der Waals surface area (Å²) in [6, 6.07) is 5.97. The molecule has 5 heteroatoms. The molecule has 1 aliphatic carbocycles. The summed E-state index contributed by atoms with van der Waals surface area (Å²) >= 11 is 6.05. The van der Waals surface area contributed by atoms with Gasteiger partial charge in [0.1, 0.15) is 5.75 Å². The highest BCUT2D eigenvalue weighted by Gasteiger charge is 2.13. The summed E-state index contributed by atoms with van der Waals surface area (Å²) < 4.78 is 5.44. The van der Waals surface area contributed by atoms with Gasteiger partial charge < -0.3 is 15.8 Å². The van der Waals surface area contributed by atoms with Crippen LogP contribution in [-0.4, -0.2) is 18.6 Å². The van der Waals surface area contributed by atoms with Crippen molar-refractivity contribution in [2.24, 2.45) is 5.73 Å². The molecule has 0 heterocycles. The Labute approximate surface area is 131 Å². The van der Waals surface area contributed by atoms with Crippen LogP contribution >= 0.6 is 11.6 Å². The van der Waals surface area contributed by atoms with E-state index in [9.17, 15) is 4.79 Å². The Balaban J connectivity index is 1.96. The highest BCUT2D eigenvalue weighted by atomic mass is 35.5. The third-order valence-corrected chi connectivity index (χ3v) is 4.06. The van der Waals surface area contributed by atoms with E-state index in [1.165, 1.54) is 38.5 Å². The molecule has 4 nitrogen and oxygen atoms in total. The largest absolute Gasteiger partial charge is 0.483 e. The SMILES string of the molecule is NC(=O)COc1ccc(Cl)cc1CNC1CCCCCC1. The zero-order valence-electron chi connectivity index (χ0n) is 12.2. The maximum Gasteiger partial charge on any atom is 0.255 e. The lowest BCUT2D eigenvalue weighted by atomic mass is 10.1. The second-order valence-electron chi connectivity index (χ2n) is 5.58. The number of primary amides is 1. The highest BCUT2D eigenvalue weighted by Crippen LogP contribution is 2.24. The normalized spacial score (nSPS) is 16.4. The lowest BCUT2D eigenvalue weighted by Gasteiger charge is -2.18. The fourth-order valence-corrected chi connectivity index (χ4v) is 2.91. The molecule has 1 aromatic carbocycles. The van der Waals surface area contributed by atoms with Crippen LogP contribution in [0.25, 0.3) is 0 Å². The Morgan fingerprint density at radius 3 is 2.67 bits per heavy atom.